The van der Waals surface area contributed by atoms with Gasteiger partial charge < -0.3 is 9.47 Å². The molecule has 0 unspecified atom stereocenters. The standard InChI is InChI=1S/C18H18O4/c1-13(2)21-18(20)16(14-9-5-3-6-10-14)22-17(19)15-11-7-4-8-12-15/h3-13,16H,1-2H3/t16-/m1/s1. The van der Waals surface area contributed by atoms with Crippen LogP contribution >= 0.6 is 0 Å². The highest BCUT2D eigenvalue weighted by molar-refractivity contribution is 5.91. The smallest absolute Gasteiger partial charge is 0.352 e. The zero-order chi connectivity index (χ0) is 15.9. The zero-order valence-electron chi connectivity index (χ0n) is 12.6. The average Bonchev–Trinajstić information content (AvgIpc) is 2.53. The largest absolute Gasteiger partial charge is 0.460 e. The highest BCUT2D eigenvalue weighted by atomic mass is 16.6. The predicted molar refractivity (Wildman–Crippen MR) is 82.3 cm³/mol. The lowest BCUT2D eigenvalue weighted by Crippen LogP contribution is -2.24. The molecule has 2 aromatic rings. The molecule has 2 rings (SSSR count). The van der Waals surface area contributed by atoms with Crippen molar-refractivity contribution in [2.75, 3.05) is 0 Å². The summed E-state index contributed by atoms with van der Waals surface area (Å²) in [6, 6.07) is 17.4. The van der Waals surface area contributed by atoms with Gasteiger partial charge in [0.05, 0.1) is 11.7 Å². The van der Waals surface area contributed by atoms with E-state index in [1.54, 1.807) is 68.4 Å². The maximum Gasteiger partial charge on any atom is 0.352 e. The quantitative estimate of drug-likeness (QED) is 0.792. The molecule has 0 saturated heterocycles. The fourth-order valence-electron chi connectivity index (χ4n) is 1.92. The first-order chi connectivity index (χ1) is 10.6. The Bertz CT molecular complexity index is 620. The molecule has 0 radical (unpaired) electrons. The molecule has 0 N–H and O–H groups in total. The van der Waals surface area contributed by atoms with Gasteiger partial charge in [0.25, 0.3) is 0 Å². The van der Waals surface area contributed by atoms with Gasteiger partial charge in [-0.25, -0.2) is 9.59 Å². The highest BCUT2D eigenvalue weighted by Crippen LogP contribution is 2.21. The molecule has 2 aromatic carbocycles. The minimum absolute atomic E-state index is 0.283. The zero-order valence-corrected chi connectivity index (χ0v) is 12.6. The average molecular weight is 298 g/mol. The van der Waals surface area contributed by atoms with E-state index in [0.29, 0.717) is 11.1 Å². The number of ether oxygens (including phenoxy) is 2. The molecule has 0 aliphatic carbocycles. The van der Waals surface area contributed by atoms with Crippen molar-refractivity contribution in [2.24, 2.45) is 0 Å². The SMILES string of the molecule is CC(C)OC(=O)[C@H](OC(=O)c1ccccc1)c1ccccc1. The van der Waals surface area contributed by atoms with E-state index in [2.05, 4.69) is 0 Å². The van der Waals surface area contributed by atoms with Crippen molar-refractivity contribution < 1.29 is 19.1 Å². The normalized spacial score (nSPS) is 11.8. The topological polar surface area (TPSA) is 52.6 Å². The molecule has 0 fully saturated rings. The molecule has 0 spiro atoms. The van der Waals surface area contributed by atoms with Gasteiger partial charge in [-0.05, 0) is 26.0 Å². The summed E-state index contributed by atoms with van der Waals surface area (Å²) in [5.74, 6) is -1.14. The van der Waals surface area contributed by atoms with Gasteiger partial charge in [0.2, 0.25) is 6.10 Å². The number of benzene rings is 2. The molecular weight excluding hydrogens is 280 g/mol. The molecule has 0 aliphatic heterocycles. The van der Waals surface area contributed by atoms with Gasteiger partial charge in [0.1, 0.15) is 0 Å². The molecule has 0 aromatic heterocycles. The molecule has 114 valence electrons. The summed E-state index contributed by atoms with van der Waals surface area (Å²) < 4.78 is 10.6. The first kappa shape index (κ1) is 15.8. The van der Waals surface area contributed by atoms with Crippen LogP contribution in [-0.4, -0.2) is 18.0 Å². The summed E-state index contributed by atoms with van der Waals surface area (Å²) in [6.07, 6.45) is -1.36. The van der Waals surface area contributed by atoms with Gasteiger partial charge in [0.15, 0.2) is 0 Å². The van der Waals surface area contributed by atoms with Crippen molar-refractivity contribution in [3.8, 4) is 0 Å². The Labute approximate surface area is 129 Å². The summed E-state index contributed by atoms with van der Waals surface area (Å²) in [7, 11) is 0. The van der Waals surface area contributed by atoms with Gasteiger partial charge in [-0.2, -0.15) is 0 Å². The second-order valence-electron chi connectivity index (χ2n) is 5.05. The van der Waals surface area contributed by atoms with Crippen LogP contribution in [0.25, 0.3) is 0 Å². The maximum absolute atomic E-state index is 12.2. The molecule has 0 heterocycles. The Balaban J connectivity index is 2.21. The van der Waals surface area contributed by atoms with Crippen molar-refractivity contribution in [1.29, 1.82) is 0 Å². The van der Waals surface area contributed by atoms with Gasteiger partial charge in [0, 0.05) is 5.56 Å². The number of rotatable bonds is 5. The summed E-state index contributed by atoms with van der Waals surface area (Å²) >= 11 is 0. The number of hydrogen-bond donors (Lipinski definition) is 0. The van der Waals surface area contributed by atoms with Crippen LogP contribution in [0, 0.1) is 0 Å². The van der Waals surface area contributed by atoms with E-state index >= 15 is 0 Å². The second kappa shape index (κ2) is 7.41. The summed E-state index contributed by atoms with van der Waals surface area (Å²) in [5, 5.41) is 0. The van der Waals surface area contributed by atoms with Crippen molar-refractivity contribution >= 4 is 11.9 Å². The Hall–Kier alpha value is -2.62. The number of carbonyl (C=O) groups is 2. The molecule has 4 nitrogen and oxygen atoms in total. The predicted octanol–water partition coefficient (Wildman–Crippen LogP) is 3.54. The fraction of sp³-hybridized carbons (Fsp3) is 0.222. The monoisotopic (exact) mass is 298 g/mol. The van der Waals surface area contributed by atoms with Crippen LogP contribution < -0.4 is 0 Å². The lowest BCUT2D eigenvalue weighted by Gasteiger charge is -2.18. The third-order valence-electron chi connectivity index (χ3n) is 2.90. The lowest BCUT2D eigenvalue weighted by atomic mass is 10.1. The van der Waals surface area contributed by atoms with E-state index in [1.807, 2.05) is 6.07 Å². The summed E-state index contributed by atoms with van der Waals surface area (Å²) in [5.41, 5.74) is 0.971. The van der Waals surface area contributed by atoms with Gasteiger partial charge in [-0.1, -0.05) is 48.5 Å². The van der Waals surface area contributed by atoms with Gasteiger partial charge >= 0.3 is 11.9 Å². The van der Waals surface area contributed by atoms with Crippen LogP contribution in [0.3, 0.4) is 0 Å². The highest BCUT2D eigenvalue weighted by Gasteiger charge is 2.27. The minimum atomic E-state index is -1.07. The van der Waals surface area contributed by atoms with Crippen molar-refractivity contribution in [1.82, 2.24) is 0 Å². The lowest BCUT2D eigenvalue weighted by molar-refractivity contribution is -0.158. The Kier molecular flexibility index (Phi) is 5.31. The first-order valence-electron chi connectivity index (χ1n) is 7.09. The van der Waals surface area contributed by atoms with E-state index in [-0.39, 0.29) is 6.10 Å². The van der Waals surface area contributed by atoms with Gasteiger partial charge in [-0.3, -0.25) is 0 Å². The Morgan fingerprint density at radius 3 is 1.91 bits per heavy atom. The fourth-order valence-corrected chi connectivity index (χ4v) is 1.92. The van der Waals surface area contributed by atoms with Gasteiger partial charge in [-0.15, -0.1) is 0 Å². The number of carbonyl (C=O) groups excluding carboxylic acids is 2. The molecule has 22 heavy (non-hydrogen) atoms. The molecular formula is C18H18O4. The van der Waals surface area contributed by atoms with E-state index < -0.39 is 18.0 Å². The van der Waals surface area contributed by atoms with Crippen LogP contribution in [0.5, 0.6) is 0 Å². The Morgan fingerprint density at radius 2 is 1.36 bits per heavy atom. The maximum atomic E-state index is 12.2. The van der Waals surface area contributed by atoms with E-state index in [0.717, 1.165) is 0 Å². The summed E-state index contributed by atoms with van der Waals surface area (Å²) in [6.45, 7) is 3.50. The van der Waals surface area contributed by atoms with Crippen LogP contribution in [0.15, 0.2) is 60.7 Å². The molecule has 0 aliphatic rings. The molecule has 0 bridgehead atoms. The van der Waals surface area contributed by atoms with Crippen LogP contribution in [0.4, 0.5) is 0 Å². The third kappa shape index (κ3) is 4.19. The van der Waals surface area contributed by atoms with E-state index in [9.17, 15) is 9.59 Å². The Morgan fingerprint density at radius 1 is 0.818 bits per heavy atom. The van der Waals surface area contributed by atoms with E-state index in [4.69, 9.17) is 9.47 Å². The number of hydrogen-bond acceptors (Lipinski definition) is 4. The first-order valence-corrected chi connectivity index (χ1v) is 7.09. The molecule has 1 atom stereocenters. The van der Waals surface area contributed by atoms with Crippen molar-refractivity contribution in [2.45, 2.75) is 26.1 Å². The van der Waals surface area contributed by atoms with Crippen molar-refractivity contribution in [3.63, 3.8) is 0 Å². The molecule has 0 amide bonds. The van der Waals surface area contributed by atoms with Crippen LogP contribution in [0.1, 0.15) is 35.9 Å². The number of esters is 2. The summed E-state index contributed by atoms with van der Waals surface area (Å²) in [4.78, 5) is 24.4. The third-order valence-corrected chi connectivity index (χ3v) is 2.90. The minimum Gasteiger partial charge on any atom is -0.460 e. The van der Waals surface area contributed by atoms with E-state index in [1.165, 1.54) is 0 Å². The van der Waals surface area contributed by atoms with Crippen molar-refractivity contribution in [3.05, 3.63) is 71.8 Å². The van der Waals surface area contributed by atoms with Crippen LogP contribution in [0.2, 0.25) is 0 Å². The molecule has 0 saturated carbocycles. The second-order valence-corrected chi connectivity index (χ2v) is 5.05. The molecule has 4 heteroatoms. The van der Waals surface area contributed by atoms with Crippen LogP contribution in [-0.2, 0) is 14.3 Å².